The van der Waals surface area contributed by atoms with Gasteiger partial charge >= 0.3 is 0 Å². The molecule has 3 rings (SSSR count). The average Bonchev–Trinajstić information content (AvgIpc) is 2.83. The lowest BCUT2D eigenvalue weighted by molar-refractivity contribution is 1.22. The molecule has 0 radical (unpaired) electrons. The third-order valence-electron chi connectivity index (χ3n) is 2.56. The van der Waals surface area contributed by atoms with E-state index in [9.17, 15) is 0 Å². The third kappa shape index (κ3) is 2.02. The number of aromatic nitrogens is 3. The zero-order valence-electron chi connectivity index (χ0n) is 9.32. The van der Waals surface area contributed by atoms with Gasteiger partial charge in [0.1, 0.15) is 5.15 Å². The Balaban J connectivity index is 2.34. The van der Waals surface area contributed by atoms with Crippen molar-refractivity contribution >= 4 is 49.8 Å². The van der Waals surface area contributed by atoms with Crippen LogP contribution in [0.15, 0.2) is 28.3 Å². The molecule has 0 aliphatic rings. The summed E-state index contributed by atoms with van der Waals surface area (Å²) in [6, 6.07) is 3.95. The molecule has 1 aromatic carbocycles. The summed E-state index contributed by atoms with van der Waals surface area (Å²) < 4.78 is 0.976. The van der Waals surface area contributed by atoms with Crippen molar-refractivity contribution in [3.8, 4) is 10.7 Å². The highest BCUT2D eigenvalue weighted by atomic mass is 79.9. The Labute approximate surface area is 121 Å². The van der Waals surface area contributed by atoms with Gasteiger partial charge in [-0.05, 0) is 24.6 Å². The molecule has 3 aromatic rings. The van der Waals surface area contributed by atoms with Gasteiger partial charge in [-0.15, -0.1) is 11.3 Å². The minimum atomic E-state index is 0.466. The fraction of sp³-hybridized carbons (Fsp3) is 0.0833. The first-order valence-electron chi connectivity index (χ1n) is 5.17. The number of halogens is 2. The van der Waals surface area contributed by atoms with Crippen LogP contribution >= 0.6 is 38.9 Å². The SMILES string of the molecule is Cc1cc(Br)cc2c(Cl)nc(-c3cncs3)nc12. The predicted molar refractivity (Wildman–Crippen MR) is 78.1 cm³/mol. The van der Waals surface area contributed by atoms with Gasteiger partial charge in [0.25, 0.3) is 0 Å². The Morgan fingerprint density at radius 3 is 2.83 bits per heavy atom. The summed E-state index contributed by atoms with van der Waals surface area (Å²) >= 11 is 11.2. The van der Waals surface area contributed by atoms with E-state index in [2.05, 4.69) is 30.9 Å². The second-order valence-electron chi connectivity index (χ2n) is 3.82. The lowest BCUT2D eigenvalue weighted by Crippen LogP contribution is -1.92. The molecular weight excluding hydrogens is 334 g/mol. The molecule has 0 N–H and O–H groups in total. The molecule has 6 heteroatoms. The number of rotatable bonds is 1. The molecule has 90 valence electrons. The van der Waals surface area contributed by atoms with Gasteiger partial charge in [0.15, 0.2) is 5.82 Å². The number of hydrogen-bond acceptors (Lipinski definition) is 4. The highest BCUT2D eigenvalue weighted by molar-refractivity contribution is 9.10. The molecule has 0 saturated carbocycles. The Kier molecular flexibility index (Phi) is 3.05. The van der Waals surface area contributed by atoms with Crippen molar-refractivity contribution in [1.29, 1.82) is 0 Å². The lowest BCUT2D eigenvalue weighted by Gasteiger charge is -2.06. The first-order valence-corrected chi connectivity index (χ1v) is 7.22. The van der Waals surface area contributed by atoms with Crippen LogP contribution in [0.2, 0.25) is 5.15 Å². The van der Waals surface area contributed by atoms with Crippen molar-refractivity contribution in [1.82, 2.24) is 15.0 Å². The zero-order valence-corrected chi connectivity index (χ0v) is 12.5. The van der Waals surface area contributed by atoms with Gasteiger partial charge < -0.3 is 0 Å². The fourth-order valence-corrected chi connectivity index (χ4v) is 3.11. The van der Waals surface area contributed by atoms with E-state index < -0.39 is 0 Å². The maximum atomic E-state index is 6.24. The molecule has 0 spiro atoms. The topological polar surface area (TPSA) is 38.7 Å². The number of hydrogen-bond donors (Lipinski definition) is 0. The molecule has 0 aliphatic carbocycles. The molecule has 0 fully saturated rings. The highest BCUT2D eigenvalue weighted by Gasteiger charge is 2.11. The van der Waals surface area contributed by atoms with E-state index in [1.54, 1.807) is 11.7 Å². The molecule has 3 nitrogen and oxygen atoms in total. The Morgan fingerprint density at radius 1 is 1.28 bits per heavy atom. The number of benzene rings is 1. The van der Waals surface area contributed by atoms with Crippen molar-refractivity contribution in [2.45, 2.75) is 6.92 Å². The van der Waals surface area contributed by atoms with Crippen LogP contribution < -0.4 is 0 Å². The third-order valence-corrected chi connectivity index (χ3v) is 4.08. The van der Waals surface area contributed by atoms with Gasteiger partial charge in [-0.2, -0.15) is 0 Å². The van der Waals surface area contributed by atoms with Crippen LogP contribution in [0.3, 0.4) is 0 Å². The number of thiazole rings is 1. The molecule has 0 atom stereocenters. The van der Waals surface area contributed by atoms with Gasteiger partial charge in [0.05, 0.1) is 15.9 Å². The summed E-state index contributed by atoms with van der Waals surface area (Å²) in [6.45, 7) is 2.01. The van der Waals surface area contributed by atoms with Gasteiger partial charge in [0.2, 0.25) is 0 Å². The lowest BCUT2D eigenvalue weighted by atomic mass is 10.1. The van der Waals surface area contributed by atoms with Gasteiger partial charge in [-0.3, -0.25) is 4.98 Å². The van der Waals surface area contributed by atoms with Crippen molar-refractivity contribution in [3.63, 3.8) is 0 Å². The van der Waals surface area contributed by atoms with E-state index >= 15 is 0 Å². The van der Waals surface area contributed by atoms with Gasteiger partial charge in [-0.1, -0.05) is 27.5 Å². The van der Waals surface area contributed by atoms with Crippen molar-refractivity contribution in [3.05, 3.63) is 39.0 Å². The maximum Gasteiger partial charge on any atom is 0.173 e. The second-order valence-corrected chi connectivity index (χ2v) is 5.98. The summed E-state index contributed by atoms with van der Waals surface area (Å²) in [4.78, 5) is 13.9. The number of aryl methyl sites for hydroxylation is 1. The fourth-order valence-electron chi connectivity index (χ4n) is 1.76. The van der Waals surface area contributed by atoms with Crippen LogP contribution in [0.25, 0.3) is 21.6 Å². The Morgan fingerprint density at radius 2 is 2.11 bits per heavy atom. The summed E-state index contributed by atoms with van der Waals surface area (Å²) in [5.74, 6) is 0.625. The molecule has 0 saturated heterocycles. The van der Waals surface area contributed by atoms with E-state index in [0.29, 0.717) is 11.0 Å². The number of nitrogens with zero attached hydrogens (tertiary/aromatic N) is 3. The first-order chi connectivity index (χ1) is 8.65. The summed E-state index contributed by atoms with van der Waals surface area (Å²) in [7, 11) is 0. The molecule has 2 heterocycles. The maximum absolute atomic E-state index is 6.24. The highest BCUT2D eigenvalue weighted by Crippen LogP contribution is 2.30. The largest absolute Gasteiger partial charge is 0.252 e. The second kappa shape index (κ2) is 4.57. The quantitative estimate of drug-likeness (QED) is 0.613. The van der Waals surface area contributed by atoms with Gasteiger partial charge in [0, 0.05) is 16.1 Å². The van der Waals surface area contributed by atoms with Crippen LogP contribution in [-0.4, -0.2) is 15.0 Å². The van der Waals surface area contributed by atoms with Crippen LogP contribution in [0.5, 0.6) is 0 Å². The summed E-state index contributed by atoms with van der Waals surface area (Å²) in [6.07, 6.45) is 1.75. The Bertz CT molecular complexity index is 728. The van der Waals surface area contributed by atoms with Crippen LogP contribution in [0.4, 0.5) is 0 Å². The monoisotopic (exact) mass is 339 g/mol. The predicted octanol–water partition coefficient (Wildman–Crippen LogP) is 4.48. The molecule has 0 bridgehead atoms. The van der Waals surface area contributed by atoms with E-state index in [1.807, 2.05) is 19.1 Å². The molecule has 18 heavy (non-hydrogen) atoms. The van der Waals surface area contributed by atoms with Crippen molar-refractivity contribution in [2.24, 2.45) is 0 Å². The van der Waals surface area contributed by atoms with Crippen LogP contribution in [0.1, 0.15) is 5.56 Å². The van der Waals surface area contributed by atoms with Crippen molar-refractivity contribution < 1.29 is 0 Å². The molecule has 0 aliphatic heterocycles. The molecule has 2 aromatic heterocycles. The van der Waals surface area contributed by atoms with E-state index in [4.69, 9.17) is 11.6 Å². The van der Waals surface area contributed by atoms with Crippen LogP contribution in [0, 0.1) is 6.92 Å². The van der Waals surface area contributed by atoms with E-state index in [-0.39, 0.29) is 0 Å². The zero-order chi connectivity index (χ0) is 12.7. The van der Waals surface area contributed by atoms with E-state index in [1.165, 1.54) is 11.3 Å². The summed E-state index contributed by atoms with van der Waals surface area (Å²) in [5, 5.41) is 1.32. The van der Waals surface area contributed by atoms with E-state index in [0.717, 1.165) is 25.8 Å². The normalized spacial score (nSPS) is 11.1. The van der Waals surface area contributed by atoms with Crippen molar-refractivity contribution in [2.75, 3.05) is 0 Å². The average molecular weight is 341 g/mol. The smallest absolute Gasteiger partial charge is 0.173 e. The van der Waals surface area contributed by atoms with Crippen LogP contribution in [-0.2, 0) is 0 Å². The Hall–Kier alpha value is -1.04. The minimum absolute atomic E-state index is 0.466. The first kappa shape index (κ1) is 12.0. The number of fused-ring (bicyclic) bond motifs is 1. The minimum Gasteiger partial charge on any atom is -0.252 e. The van der Waals surface area contributed by atoms with Gasteiger partial charge in [-0.25, -0.2) is 9.97 Å². The molecule has 0 amide bonds. The standard InChI is InChI=1S/C12H7BrClN3S/c1-6-2-7(13)3-8-10(6)16-12(17-11(8)14)9-4-15-5-18-9/h2-5H,1H3. The molecule has 0 unspecified atom stereocenters. The summed E-state index contributed by atoms with van der Waals surface area (Å²) in [5.41, 5.74) is 3.70. The molecular formula is C12H7BrClN3S.